The van der Waals surface area contributed by atoms with Gasteiger partial charge in [0, 0.05) is 10.9 Å². The molecule has 1 atom stereocenters. The molecule has 0 saturated heterocycles. The number of hydrogen-bond donors (Lipinski definition) is 3. The number of benzene rings is 2. The van der Waals surface area contributed by atoms with Crippen LogP contribution in [0.5, 0.6) is 0 Å². The van der Waals surface area contributed by atoms with Crippen LogP contribution in [-0.4, -0.2) is 18.1 Å². The van der Waals surface area contributed by atoms with Gasteiger partial charge in [-0.25, -0.2) is 4.79 Å². The van der Waals surface area contributed by atoms with Gasteiger partial charge in [-0.3, -0.25) is 0 Å². The van der Waals surface area contributed by atoms with Crippen LogP contribution < -0.4 is 16.4 Å². The number of anilines is 1. The zero-order valence-corrected chi connectivity index (χ0v) is 12.6. The first-order chi connectivity index (χ1) is 10.1. The molecule has 0 bridgehead atoms. The molecular weight excluding hydrogens is 262 g/mol. The van der Waals surface area contributed by atoms with E-state index in [0.717, 1.165) is 29.3 Å². The van der Waals surface area contributed by atoms with Gasteiger partial charge in [0.15, 0.2) is 0 Å². The van der Waals surface area contributed by atoms with Crippen molar-refractivity contribution in [3.8, 4) is 0 Å². The molecule has 1 unspecified atom stereocenters. The second-order valence-electron chi connectivity index (χ2n) is 5.56. The van der Waals surface area contributed by atoms with E-state index in [1.165, 1.54) is 0 Å². The highest BCUT2D eigenvalue weighted by molar-refractivity contribution is 6.01. The predicted octanol–water partition coefficient (Wildman–Crippen LogP) is 3.48. The van der Waals surface area contributed by atoms with Crippen molar-refractivity contribution in [3.05, 3.63) is 42.5 Å². The lowest BCUT2D eigenvalue weighted by Gasteiger charge is -2.29. The number of amides is 2. The van der Waals surface area contributed by atoms with Crippen molar-refractivity contribution in [1.82, 2.24) is 5.32 Å². The van der Waals surface area contributed by atoms with E-state index in [9.17, 15) is 4.79 Å². The van der Waals surface area contributed by atoms with Gasteiger partial charge in [-0.15, -0.1) is 0 Å². The minimum absolute atomic E-state index is 0.191. The Morgan fingerprint density at radius 2 is 1.90 bits per heavy atom. The fourth-order valence-electron chi connectivity index (χ4n) is 2.41. The summed E-state index contributed by atoms with van der Waals surface area (Å²) in [7, 11) is 0. The second-order valence-corrected chi connectivity index (χ2v) is 5.56. The summed E-state index contributed by atoms with van der Waals surface area (Å²) in [6, 6.07) is 13.7. The van der Waals surface area contributed by atoms with Crippen LogP contribution in [0.15, 0.2) is 42.5 Å². The van der Waals surface area contributed by atoms with E-state index in [1.54, 1.807) is 0 Å². The van der Waals surface area contributed by atoms with E-state index in [4.69, 9.17) is 5.73 Å². The summed E-state index contributed by atoms with van der Waals surface area (Å²) >= 11 is 0. The number of hydrogen-bond acceptors (Lipinski definition) is 2. The van der Waals surface area contributed by atoms with Crippen molar-refractivity contribution in [1.29, 1.82) is 0 Å². The first-order valence-electron chi connectivity index (χ1n) is 7.35. The van der Waals surface area contributed by atoms with Crippen molar-refractivity contribution in [2.24, 2.45) is 5.73 Å². The molecule has 112 valence electrons. The van der Waals surface area contributed by atoms with Crippen molar-refractivity contribution in [2.75, 3.05) is 11.9 Å². The molecule has 0 heterocycles. The van der Waals surface area contributed by atoms with Crippen molar-refractivity contribution >= 4 is 22.5 Å². The van der Waals surface area contributed by atoms with Gasteiger partial charge in [0.05, 0.1) is 5.69 Å². The highest BCUT2D eigenvalue weighted by Crippen LogP contribution is 2.23. The van der Waals surface area contributed by atoms with Crippen molar-refractivity contribution in [3.63, 3.8) is 0 Å². The number of rotatable bonds is 5. The summed E-state index contributed by atoms with van der Waals surface area (Å²) in [5.74, 6) is 0. The summed E-state index contributed by atoms with van der Waals surface area (Å²) in [6.45, 7) is 4.62. The quantitative estimate of drug-likeness (QED) is 0.787. The molecular formula is C17H23N3O. The standard InChI is InChI=1S/C17H23N3O/c1-3-17(2,11-12-18)20-16(21)19-15-10-6-8-13-7-4-5-9-14(13)15/h4-10H,3,11-12,18H2,1-2H3,(H2,19,20,21). The van der Waals surface area contributed by atoms with E-state index in [2.05, 4.69) is 10.6 Å². The SMILES string of the molecule is CCC(C)(CCN)NC(=O)Nc1cccc2ccccc12. The van der Waals surface area contributed by atoms with E-state index in [1.807, 2.05) is 56.3 Å². The van der Waals surface area contributed by atoms with Crippen LogP contribution in [0.1, 0.15) is 26.7 Å². The highest BCUT2D eigenvalue weighted by atomic mass is 16.2. The van der Waals surface area contributed by atoms with Crippen molar-refractivity contribution in [2.45, 2.75) is 32.2 Å². The molecule has 0 spiro atoms. The van der Waals surface area contributed by atoms with Crippen LogP contribution in [0.25, 0.3) is 10.8 Å². The van der Waals surface area contributed by atoms with Gasteiger partial charge in [0.2, 0.25) is 0 Å². The first kappa shape index (κ1) is 15.3. The summed E-state index contributed by atoms with van der Waals surface area (Å²) in [5.41, 5.74) is 6.16. The first-order valence-corrected chi connectivity index (χ1v) is 7.35. The average Bonchev–Trinajstić information content (AvgIpc) is 2.48. The topological polar surface area (TPSA) is 67.1 Å². The molecule has 0 saturated carbocycles. The van der Waals surface area contributed by atoms with Gasteiger partial charge in [0.1, 0.15) is 0 Å². The van der Waals surface area contributed by atoms with Gasteiger partial charge in [-0.05, 0) is 37.8 Å². The Hall–Kier alpha value is -2.07. The van der Waals surface area contributed by atoms with E-state index >= 15 is 0 Å². The van der Waals surface area contributed by atoms with E-state index < -0.39 is 0 Å². The zero-order chi connectivity index (χ0) is 15.3. The average molecular weight is 285 g/mol. The number of nitrogens with two attached hydrogens (primary N) is 1. The van der Waals surface area contributed by atoms with Gasteiger partial charge < -0.3 is 16.4 Å². The highest BCUT2D eigenvalue weighted by Gasteiger charge is 2.23. The summed E-state index contributed by atoms with van der Waals surface area (Å²) in [5, 5.41) is 8.11. The third kappa shape index (κ3) is 3.73. The lowest BCUT2D eigenvalue weighted by molar-refractivity contribution is 0.235. The van der Waals surface area contributed by atoms with E-state index in [0.29, 0.717) is 6.54 Å². The van der Waals surface area contributed by atoms with Crippen LogP contribution in [0.3, 0.4) is 0 Å². The molecule has 4 N–H and O–H groups in total. The van der Waals surface area contributed by atoms with Crippen molar-refractivity contribution < 1.29 is 4.79 Å². The van der Waals surface area contributed by atoms with Gasteiger partial charge in [-0.2, -0.15) is 0 Å². The fraction of sp³-hybridized carbons (Fsp3) is 0.353. The lowest BCUT2D eigenvalue weighted by atomic mass is 9.95. The van der Waals surface area contributed by atoms with Crippen LogP contribution >= 0.6 is 0 Å². The minimum Gasteiger partial charge on any atom is -0.333 e. The van der Waals surface area contributed by atoms with Crippen LogP contribution in [-0.2, 0) is 0 Å². The van der Waals surface area contributed by atoms with Gasteiger partial charge in [-0.1, -0.05) is 43.3 Å². The molecule has 0 radical (unpaired) electrons. The molecule has 2 aromatic rings. The number of nitrogens with one attached hydrogen (secondary N) is 2. The molecule has 4 nitrogen and oxygen atoms in total. The smallest absolute Gasteiger partial charge is 0.319 e. The Morgan fingerprint density at radius 3 is 2.62 bits per heavy atom. The molecule has 0 fully saturated rings. The molecule has 0 aliphatic rings. The Bertz CT molecular complexity index is 621. The monoisotopic (exact) mass is 285 g/mol. The van der Waals surface area contributed by atoms with Gasteiger partial charge in [0.25, 0.3) is 0 Å². The van der Waals surface area contributed by atoms with E-state index in [-0.39, 0.29) is 11.6 Å². The Balaban J connectivity index is 2.15. The predicted molar refractivity (Wildman–Crippen MR) is 88.5 cm³/mol. The molecule has 21 heavy (non-hydrogen) atoms. The Labute approximate surface area is 125 Å². The number of carbonyl (C=O) groups excluding carboxylic acids is 1. The maximum atomic E-state index is 12.2. The third-order valence-corrected chi connectivity index (χ3v) is 3.93. The molecule has 0 aliphatic carbocycles. The molecule has 0 aromatic heterocycles. The lowest BCUT2D eigenvalue weighted by Crippen LogP contribution is -2.48. The summed E-state index contributed by atoms with van der Waals surface area (Å²) in [4.78, 5) is 12.2. The Kier molecular flexibility index (Phi) is 4.81. The number of fused-ring (bicyclic) bond motifs is 1. The third-order valence-electron chi connectivity index (χ3n) is 3.93. The number of carbonyl (C=O) groups is 1. The van der Waals surface area contributed by atoms with Gasteiger partial charge >= 0.3 is 6.03 Å². The molecule has 2 aromatic carbocycles. The number of urea groups is 1. The molecule has 2 amide bonds. The molecule has 0 aliphatic heterocycles. The minimum atomic E-state index is -0.274. The van der Waals surface area contributed by atoms with Crippen LogP contribution in [0, 0.1) is 0 Å². The summed E-state index contributed by atoms with van der Waals surface area (Å²) in [6.07, 6.45) is 1.60. The molecule has 2 rings (SSSR count). The second kappa shape index (κ2) is 6.59. The normalized spacial score (nSPS) is 13.7. The van der Waals surface area contributed by atoms with Crippen LogP contribution in [0.2, 0.25) is 0 Å². The largest absolute Gasteiger partial charge is 0.333 e. The molecule has 4 heteroatoms. The maximum Gasteiger partial charge on any atom is 0.319 e. The fourth-order valence-corrected chi connectivity index (χ4v) is 2.41. The van der Waals surface area contributed by atoms with Crippen LogP contribution in [0.4, 0.5) is 10.5 Å². The Morgan fingerprint density at radius 1 is 1.19 bits per heavy atom. The maximum absolute atomic E-state index is 12.2. The summed E-state index contributed by atoms with van der Waals surface area (Å²) < 4.78 is 0. The zero-order valence-electron chi connectivity index (χ0n) is 12.6.